The predicted molar refractivity (Wildman–Crippen MR) is 163 cm³/mol. The van der Waals surface area contributed by atoms with Crippen molar-refractivity contribution < 1.29 is 33.3 Å². The summed E-state index contributed by atoms with van der Waals surface area (Å²) in [7, 11) is 0. The molecule has 45 heavy (non-hydrogen) atoms. The zero-order valence-corrected chi connectivity index (χ0v) is 26.2. The van der Waals surface area contributed by atoms with Crippen molar-refractivity contribution in [3.05, 3.63) is 68.8 Å². The smallest absolute Gasteiger partial charge is 0.477 e. The molecule has 3 heterocycles. The first-order chi connectivity index (χ1) is 21.4. The minimum absolute atomic E-state index is 0.0379. The van der Waals surface area contributed by atoms with Crippen LogP contribution in [0.4, 0.5) is 4.79 Å². The minimum atomic E-state index is -1.10. The number of hydrogen-bond acceptors (Lipinski definition) is 9. The van der Waals surface area contributed by atoms with Gasteiger partial charge in [-0.25, -0.2) is 9.59 Å². The van der Waals surface area contributed by atoms with E-state index >= 15 is 0 Å². The molecule has 1 spiro atoms. The summed E-state index contributed by atoms with van der Waals surface area (Å²) in [6.07, 6.45) is 1.87. The lowest BCUT2D eigenvalue weighted by molar-refractivity contribution is -0.147. The van der Waals surface area contributed by atoms with Gasteiger partial charge in [0.1, 0.15) is 6.61 Å². The van der Waals surface area contributed by atoms with E-state index in [9.17, 15) is 19.5 Å². The fraction of sp³-hybridized carbons (Fsp3) is 0.500. The van der Waals surface area contributed by atoms with Gasteiger partial charge in [0.25, 0.3) is 0 Å². The van der Waals surface area contributed by atoms with Crippen LogP contribution >= 0.6 is 11.6 Å². The number of ketones is 1. The van der Waals surface area contributed by atoms with Crippen LogP contribution in [0, 0.1) is 12.8 Å². The van der Waals surface area contributed by atoms with Gasteiger partial charge in [-0.3, -0.25) is 14.3 Å². The number of rotatable bonds is 7. The highest BCUT2D eigenvalue weighted by Crippen LogP contribution is 2.65. The van der Waals surface area contributed by atoms with Gasteiger partial charge < -0.3 is 23.7 Å². The van der Waals surface area contributed by atoms with Gasteiger partial charge in [0.15, 0.2) is 29.1 Å². The molecule has 2 saturated carbocycles. The van der Waals surface area contributed by atoms with Crippen molar-refractivity contribution >= 4 is 23.5 Å². The normalized spacial score (nSPS) is 28.2. The molecule has 3 aromatic rings. The molecule has 2 aromatic carbocycles. The fourth-order valence-corrected chi connectivity index (χ4v) is 8.74. The Morgan fingerprint density at radius 3 is 2.76 bits per heavy atom. The number of oxazole rings is 1. The summed E-state index contributed by atoms with van der Waals surface area (Å²) in [5.74, 6) is 0.867. The molecule has 3 aliphatic carbocycles. The van der Waals surface area contributed by atoms with Gasteiger partial charge >= 0.3 is 11.9 Å². The van der Waals surface area contributed by atoms with Gasteiger partial charge in [0.05, 0.1) is 22.2 Å². The molecule has 1 unspecified atom stereocenters. The van der Waals surface area contributed by atoms with Gasteiger partial charge in [-0.05, 0) is 76.1 Å². The standard InChI is InChI=1S/C34H35ClN2O8/c1-18-27(21-5-4-6-22(35)13-21)45-30(39)37(18)32(2,3)17-42-31(40)43-24-10-9-20-14-25-34(41)12-11-23(38)29-33(34,26(20)28(24)44-29)16-36(25)15-19-7-8-19/h4-6,9-10,13,19,25,29,41H,7-8,11-12,14-17H2,1-3H3/t25-,29?,33+,34-/m1/s1. The monoisotopic (exact) mass is 634 g/mol. The lowest BCUT2D eigenvalue weighted by atomic mass is 9.54. The number of ether oxygens (including phenoxy) is 3. The SMILES string of the molecule is Cc1c(-c2cccc(Cl)c2)oc(=O)n1C(C)(C)COC(=O)Oc1ccc2c3c1OC1C(=O)CC[C@@]4(O)[C@@H](C2)N(CC2CC2)C[C@]314. The summed E-state index contributed by atoms with van der Waals surface area (Å²) in [5, 5.41) is 12.8. The van der Waals surface area contributed by atoms with Crippen molar-refractivity contribution in [2.75, 3.05) is 19.7 Å². The van der Waals surface area contributed by atoms with Crippen LogP contribution < -0.4 is 15.2 Å². The average Bonchev–Trinajstić information content (AvgIpc) is 3.62. The summed E-state index contributed by atoms with van der Waals surface area (Å²) in [4.78, 5) is 41.7. The molecule has 11 heteroatoms. The Bertz CT molecular complexity index is 1820. The number of benzene rings is 2. The van der Waals surface area contributed by atoms with Crippen LogP contribution in [-0.2, 0) is 26.9 Å². The Balaban J connectivity index is 1.05. The molecule has 1 N–H and O–H groups in total. The molecule has 2 aliphatic heterocycles. The maximum atomic E-state index is 13.3. The number of nitrogens with zero attached hydrogens (tertiary/aromatic N) is 2. The second kappa shape index (κ2) is 9.70. The minimum Gasteiger partial charge on any atom is -0.477 e. The third kappa shape index (κ3) is 4.11. The van der Waals surface area contributed by atoms with Crippen LogP contribution in [0.3, 0.4) is 0 Å². The Morgan fingerprint density at radius 2 is 2.00 bits per heavy atom. The molecule has 10 nitrogen and oxygen atoms in total. The number of carbonyl (C=O) groups is 2. The van der Waals surface area contributed by atoms with Crippen LogP contribution in [0.15, 0.2) is 45.6 Å². The van der Waals surface area contributed by atoms with Crippen molar-refractivity contribution in [3.63, 3.8) is 0 Å². The number of halogens is 1. The lowest BCUT2D eigenvalue weighted by Crippen LogP contribution is -2.66. The highest BCUT2D eigenvalue weighted by molar-refractivity contribution is 6.30. The van der Waals surface area contributed by atoms with Crippen molar-refractivity contribution in [1.29, 1.82) is 0 Å². The van der Waals surface area contributed by atoms with E-state index in [1.54, 1.807) is 51.1 Å². The van der Waals surface area contributed by atoms with Crippen LogP contribution in [-0.4, -0.2) is 64.0 Å². The number of aliphatic hydroxyl groups is 1. The van der Waals surface area contributed by atoms with E-state index < -0.39 is 34.6 Å². The molecule has 4 atom stereocenters. The zero-order valence-electron chi connectivity index (χ0n) is 25.4. The third-order valence-electron chi connectivity index (χ3n) is 10.7. The van der Waals surface area contributed by atoms with E-state index in [0.717, 1.165) is 17.7 Å². The quantitative estimate of drug-likeness (QED) is 0.290. The van der Waals surface area contributed by atoms with E-state index in [4.69, 9.17) is 30.2 Å². The Morgan fingerprint density at radius 1 is 1.20 bits per heavy atom. The molecule has 0 amide bonds. The van der Waals surface area contributed by atoms with E-state index in [0.29, 0.717) is 53.1 Å². The molecule has 236 valence electrons. The van der Waals surface area contributed by atoms with Crippen molar-refractivity contribution in [1.82, 2.24) is 9.47 Å². The highest BCUT2D eigenvalue weighted by Gasteiger charge is 2.76. The topological polar surface area (TPSA) is 120 Å². The van der Waals surface area contributed by atoms with Gasteiger partial charge in [-0.2, -0.15) is 0 Å². The molecule has 0 radical (unpaired) electrons. The van der Waals surface area contributed by atoms with E-state index in [1.165, 1.54) is 17.4 Å². The number of carbonyl (C=O) groups excluding carboxylic acids is 2. The molecule has 5 aliphatic rings. The summed E-state index contributed by atoms with van der Waals surface area (Å²) in [5.41, 5.74) is 0.0553. The third-order valence-corrected chi connectivity index (χ3v) is 10.9. The number of Topliss-reactive ketones (excluding diaryl/α,β-unsaturated/α-hetero) is 1. The molecular weight excluding hydrogens is 600 g/mol. The molecule has 2 bridgehead atoms. The van der Waals surface area contributed by atoms with Gasteiger partial charge in [0.2, 0.25) is 0 Å². The molecule has 1 aromatic heterocycles. The molecule has 8 rings (SSSR count). The van der Waals surface area contributed by atoms with Crippen LogP contribution in [0.25, 0.3) is 11.3 Å². The Labute approximate surface area is 264 Å². The van der Waals surface area contributed by atoms with E-state index in [1.807, 2.05) is 6.07 Å². The van der Waals surface area contributed by atoms with Crippen molar-refractivity contribution in [2.24, 2.45) is 5.92 Å². The van der Waals surface area contributed by atoms with E-state index in [-0.39, 0.29) is 30.6 Å². The van der Waals surface area contributed by atoms with Gasteiger partial charge in [0, 0.05) is 41.7 Å². The van der Waals surface area contributed by atoms with Crippen LogP contribution in [0.2, 0.25) is 5.02 Å². The number of aromatic nitrogens is 1. The molecular formula is C34H35ClN2O8. The van der Waals surface area contributed by atoms with Gasteiger partial charge in [-0.15, -0.1) is 0 Å². The number of hydrogen-bond donors (Lipinski definition) is 1. The maximum absolute atomic E-state index is 13.3. The summed E-state index contributed by atoms with van der Waals surface area (Å²) >= 11 is 6.14. The first-order valence-electron chi connectivity index (χ1n) is 15.6. The first kappa shape index (κ1) is 28.8. The highest BCUT2D eigenvalue weighted by atomic mass is 35.5. The predicted octanol–water partition coefficient (Wildman–Crippen LogP) is 4.76. The summed E-state index contributed by atoms with van der Waals surface area (Å²) < 4.78 is 24.7. The summed E-state index contributed by atoms with van der Waals surface area (Å²) in [6.45, 7) is 6.53. The summed E-state index contributed by atoms with van der Waals surface area (Å²) in [6, 6.07) is 10.5. The first-order valence-corrected chi connectivity index (χ1v) is 16.0. The maximum Gasteiger partial charge on any atom is 0.514 e. The second-order valence-electron chi connectivity index (χ2n) is 14.0. The zero-order chi connectivity index (χ0) is 31.5. The van der Waals surface area contributed by atoms with E-state index in [2.05, 4.69) is 4.90 Å². The lowest BCUT2D eigenvalue weighted by Gasteiger charge is -2.50. The Kier molecular flexibility index (Phi) is 6.22. The largest absolute Gasteiger partial charge is 0.514 e. The van der Waals surface area contributed by atoms with Crippen LogP contribution in [0.5, 0.6) is 11.5 Å². The van der Waals surface area contributed by atoms with Crippen molar-refractivity contribution in [3.8, 4) is 22.8 Å². The fourth-order valence-electron chi connectivity index (χ4n) is 8.55. The Hall–Kier alpha value is -3.60. The van der Waals surface area contributed by atoms with Crippen LogP contribution in [0.1, 0.15) is 56.4 Å². The van der Waals surface area contributed by atoms with Gasteiger partial charge in [-0.1, -0.05) is 29.8 Å². The second-order valence-corrected chi connectivity index (χ2v) is 14.4. The average molecular weight is 635 g/mol. The molecule has 3 fully saturated rings. The number of likely N-dealkylation sites (tertiary alicyclic amines) is 1. The molecule has 1 saturated heterocycles. The van der Waals surface area contributed by atoms with Crippen molar-refractivity contribution in [2.45, 2.75) is 81.6 Å².